The molecule has 7 rings (SSSR count). The van der Waals surface area contributed by atoms with Crippen LogP contribution in [0.2, 0.25) is 0 Å². The van der Waals surface area contributed by atoms with Crippen LogP contribution in [0, 0.1) is 5.82 Å². The molecule has 2 aliphatic rings. The minimum absolute atomic E-state index is 0.0310. The molecule has 0 bridgehead atoms. The summed E-state index contributed by atoms with van der Waals surface area (Å²) in [6.45, 7) is 0. The highest BCUT2D eigenvalue weighted by Crippen LogP contribution is 2.39. The molecule has 0 saturated heterocycles. The minimum Gasteiger partial charge on any atom is -0.402 e. The number of Topliss-reactive ketones (excluding diaryl/α,β-unsaturated/α-hetero) is 1. The predicted octanol–water partition coefficient (Wildman–Crippen LogP) is 6.02. The van der Waals surface area contributed by atoms with Crippen LogP contribution in [0.1, 0.15) is 46.8 Å². The van der Waals surface area contributed by atoms with Crippen LogP contribution in [-0.4, -0.2) is 42.8 Å². The largest absolute Gasteiger partial charge is 0.417 e. The second kappa shape index (κ2) is 10.7. The zero-order valence-corrected chi connectivity index (χ0v) is 22.7. The lowest BCUT2D eigenvalue weighted by Crippen LogP contribution is -2.29. The van der Waals surface area contributed by atoms with Crippen LogP contribution in [0.15, 0.2) is 82.6 Å². The van der Waals surface area contributed by atoms with Crippen LogP contribution < -0.4 is 5.32 Å². The van der Waals surface area contributed by atoms with Gasteiger partial charge in [0.1, 0.15) is 17.3 Å². The lowest BCUT2D eigenvalue weighted by Gasteiger charge is -2.12. The maximum Gasteiger partial charge on any atom is 0.417 e. The number of benzene rings is 2. The maximum absolute atomic E-state index is 14.8. The molecule has 2 aromatic carbocycles. The third kappa shape index (κ3) is 5.32. The number of pyridine rings is 1. The summed E-state index contributed by atoms with van der Waals surface area (Å²) in [4.78, 5) is 30.5. The molecule has 5 aromatic rings. The van der Waals surface area contributed by atoms with E-state index in [0.29, 0.717) is 28.9 Å². The number of alkyl halides is 3. The summed E-state index contributed by atoms with van der Waals surface area (Å²) in [7, 11) is 0. The van der Waals surface area contributed by atoms with Gasteiger partial charge >= 0.3 is 12.2 Å². The Kier molecular flexibility index (Phi) is 6.71. The molecule has 3 aromatic heterocycles. The Morgan fingerprint density at radius 1 is 0.864 bits per heavy atom. The van der Waals surface area contributed by atoms with Gasteiger partial charge in [-0.3, -0.25) is 9.79 Å². The van der Waals surface area contributed by atoms with E-state index in [-0.39, 0.29) is 46.6 Å². The number of nitrogens with zero attached hydrogens (tertiary/aromatic N) is 6. The zero-order valence-electron chi connectivity index (χ0n) is 22.7. The van der Waals surface area contributed by atoms with Crippen molar-refractivity contribution >= 4 is 17.5 Å². The van der Waals surface area contributed by atoms with Gasteiger partial charge in [0.25, 0.3) is 5.89 Å². The SMILES string of the molecule is O=C1Cc2c(F)cccc2C(c2ccccc2)=N[C@@H]1Nc1nnc(-c2ncc(C(F)(F)F)cc2-c2cnc(C3CC3)nc2)o1. The maximum atomic E-state index is 14.8. The molecule has 220 valence electrons. The molecular weight excluding hydrogens is 578 g/mol. The fourth-order valence-electron chi connectivity index (χ4n) is 4.97. The first-order chi connectivity index (χ1) is 21.2. The quantitative estimate of drug-likeness (QED) is 0.235. The van der Waals surface area contributed by atoms with Gasteiger partial charge in [-0.15, -0.1) is 5.10 Å². The van der Waals surface area contributed by atoms with Crippen molar-refractivity contribution in [3.63, 3.8) is 0 Å². The van der Waals surface area contributed by atoms with Crippen molar-refractivity contribution in [1.82, 2.24) is 25.1 Å². The molecule has 0 unspecified atom stereocenters. The summed E-state index contributed by atoms with van der Waals surface area (Å²) < 4.78 is 61.4. The molecule has 44 heavy (non-hydrogen) atoms. The van der Waals surface area contributed by atoms with Crippen molar-refractivity contribution < 1.29 is 26.8 Å². The fourth-order valence-corrected chi connectivity index (χ4v) is 4.97. The van der Waals surface area contributed by atoms with Crippen molar-refractivity contribution in [3.05, 3.63) is 107 Å². The van der Waals surface area contributed by atoms with E-state index in [1.54, 1.807) is 36.4 Å². The molecule has 1 atom stereocenters. The van der Waals surface area contributed by atoms with Crippen LogP contribution in [-0.2, 0) is 17.4 Å². The Morgan fingerprint density at radius 2 is 1.64 bits per heavy atom. The molecule has 0 spiro atoms. The monoisotopic (exact) mass is 599 g/mol. The Bertz CT molecular complexity index is 1900. The van der Waals surface area contributed by atoms with Gasteiger partial charge in [-0.2, -0.15) is 13.2 Å². The molecule has 0 amide bonds. The highest BCUT2D eigenvalue weighted by atomic mass is 19.4. The van der Waals surface area contributed by atoms with Crippen molar-refractivity contribution in [2.45, 2.75) is 37.5 Å². The van der Waals surface area contributed by atoms with Crippen LogP contribution in [0.25, 0.3) is 22.7 Å². The number of aliphatic imine (C=N–C) groups is 1. The molecule has 1 N–H and O–H groups in total. The van der Waals surface area contributed by atoms with Crippen LogP contribution in [0.3, 0.4) is 0 Å². The number of rotatable bonds is 6. The summed E-state index contributed by atoms with van der Waals surface area (Å²) in [5, 5.41) is 10.7. The van der Waals surface area contributed by atoms with E-state index in [9.17, 15) is 22.4 Å². The first kappa shape index (κ1) is 27.5. The van der Waals surface area contributed by atoms with Gasteiger partial charge in [0.15, 0.2) is 11.9 Å². The smallest absolute Gasteiger partial charge is 0.402 e. The summed E-state index contributed by atoms with van der Waals surface area (Å²) >= 11 is 0. The van der Waals surface area contributed by atoms with Gasteiger partial charge < -0.3 is 9.73 Å². The molecule has 13 heteroatoms. The second-order valence-corrected chi connectivity index (χ2v) is 10.4. The van der Waals surface area contributed by atoms with E-state index in [2.05, 4.69) is 35.5 Å². The number of ketones is 1. The zero-order chi connectivity index (χ0) is 30.4. The molecular formula is C31H21F4N7O2. The van der Waals surface area contributed by atoms with Crippen molar-refractivity contribution in [2.24, 2.45) is 4.99 Å². The Labute approximate surface area is 247 Å². The van der Waals surface area contributed by atoms with Crippen molar-refractivity contribution in [3.8, 4) is 22.7 Å². The average Bonchev–Trinajstić information content (AvgIpc) is 3.80. The number of hydrogen-bond acceptors (Lipinski definition) is 9. The number of aromatic nitrogens is 5. The van der Waals surface area contributed by atoms with Crippen LogP contribution >= 0.6 is 0 Å². The van der Waals surface area contributed by atoms with Crippen LogP contribution in [0.4, 0.5) is 23.6 Å². The fraction of sp³-hybridized carbons (Fsp3) is 0.194. The van der Waals surface area contributed by atoms with Crippen molar-refractivity contribution in [1.29, 1.82) is 0 Å². The summed E-state index contributed by atoms with van der Waals surface area (Å²) in [5.74, 6) is -0.303. The molecule has 1 fully saturated rings. The van der Waals surface area contributed by atoms with Crippen molar-refractivity contribution in [2.75, 3.05) is 5.32 Å². The predicted molar refractivity (Wildman–Crippen MR) is 150 cm³/mol. The summed E-state index contributed by atoms with van der Waals surface area (Å²) in [6, 6.07) is 14.2. The molecule has 1 aliphatic heterocycles. The molecule has 4 heterocycles. The van der Waals surface area contributed by atoms with Gasteiger partial charge in [0, 0.05) is 58.7 Å². The van der Waals surface area contributed by atoms with E-state index >= 15 is 0 Å². The molecule has 1 aliphatic carbocycles. The third-order valence-electron chi connectivity index (χ3n) is 7.36. The van der Waals surface area contributed by atoms with Gasteiger partial charge in [-0.05, 0) is 25.0 Å². The van der Waals surface area contributed by atoms with E-state index in [1.165, 1.54) is 18.5 Å². The Morgan fingerprint density at radius 3 is 2.36 bits per heavy atom. The van der Waals surface area contributed by atoms with Gasteiger partial charge in [0.2, 0.25) is 0 Å². The number of carbonyl (C=O) groups is 1. The topological polar surface area (TPSA) is 119 Å². The normalized spacial score (nSPS) is 16.7. The Balaban J connectivity index is 1.24. The highest BCUT2D eigenvalue weighted by molar-refractivity contribution is 6.16. The first-order valence-electron chi connectivity index (χ1n) is 13.7. The molecule has 1 saturated carbocycles. The Hall–Kier alpha value is -5.33. The second-order valence-electron chi connectivity index (χ2n) is 10.4. The first-order valence-corrected chi connectivity index (χ1v) is 13.7. The van der Waals surface area contributed by atoms with Crippen LogP contribution in [0.5, 0.6) is 0 Å². The van der Waals surface area contributed by atoms with Gasteiger partial charge in [0.05, 0.1) is 11.3 Å². The molecule has 0 radical (unpaired) electrons. The summed E-state index contributed by atoms with van der Waals surface area (Å²) in [5.41, 5.74) is 1.07. The number of carbonyl (C=O) groups excluding carboxylic acids is 1. The standard InChI is InChI=1S/C31H21F4N7O2/c32-23-8-4-7-20-22(23)12-24(43)28(39-25(20)16-5-2-1-3-6-16)40-30-42-41-29(44-30)26-21(11-19(15-36-26)31(33,34)35)18-13-37-27(38-14-18)17-9-10-17/h1-8,11,13-15,17,28H,9-10,12H2,(H,40,42)/t28-/m1/s1. The lowest BCUT2D eigenvalue weighted by molar-refractivity contribution is -0.137. The highest BCUT2D eigenvalue weighted by Gasteiger charge is 2.34. The number of nitrogens with one attached hydrogen (secondary N) is 1. The lowest BCUT2D eigenvalue weighted by atomic mass is 9.95. The number of hydrogen-bond donors (Lipinski definition) is 1. The third-order valence-corrected chi connectivity index (χ3v) is 7.36. The van der Waals surface area contributed by atoms with E-state index < -0.39 is 29.5 Å². The van der Waals surface area contributed by atoms with E-state index in [4.69, 9.17) is 4.42 Å². The minimum atomic E-state index is -4.65. The average molecular weight is 600 g/mol. The van der Waals surface area contributed by atoms with Gasteiger partial charge in [-0.1, -0.05) is 47.6 Å². The molecule has 9 nitrogen and oxygen atoms in total. The summed E-state index contributed by atoms with van der Waals surface area (Å²) in [6.07, 6.45) is -0.635. The van der Waals surface area contributed by atoms with Gasteiger partial charge in [-0.25, -0.2) is 19.3 Å². The number of halogens is 4. The number of anilines is 1. The van der Waals surface area contributed by atoms with E-state index in [1.807, 2.05) is 6.07 Å². The number of fused-ring (bicyclic) bond motifs is 1. The van der Waals surface area contributed by atoms with E-state index in [0.717, 1.165) is 18.9 Å².